The van der Waals surface area contributed by atoms with Gasteiger partial charge < -0.3 is 9.47 Å². The van der Waals surface area contributed by atoms with Crippen molar-refractivity contribution >= 4 is 11.6 Å². The lowest BCUT2D eigenvalue weighted by Crippen LogP contribution is -2.06. The van der Waals surface area contributed by atoms with Crippen molar-refractivity contribution in [3.8, 4) is 11.5 Å². The summed E-state index contributed by atoms with van der Waals surface area (Å²) >= 11 is 0. The van der Waals surface area contributed by atoms with Crippen LogP contribution < -0.4 is 9.47 Å². The number of Topliss-reactive ketones (excluding diaryl/α,β-unsaturated/α-hetero) is 2. The van der Waals surface area contributed by atoms with E-state index >= 15 is 0 Å². The number of benzene rings is 1. The molecule has 0 spiro atoms. The number of ketones is 2. The van der Waals surface area contributed by atoms with Crippen LogP contribution in [0.25, 0.3) is 0 Å². The minimum absolute atomic E-state index is 0.115. The molecule has 1 aliphatic heterocycles. The van der Waals surface area contributed by atoms with Crippen LogP contribution in [-0.2, 0) is 0 Å². The molecule has 0 aliphatic carbocycles. The number of carbonyl (C=O) groups excluding carboxylic acids is 2. The Balaban J connectivity index is 1.63. The quantitative estimate of drug-likeness (QED) is 0.782. The van der Waals surface area contributed by atoms with Crippen molar-refractivity contribution in [1.82, 2.24) is 9.97 Å². The predicted octanol–water partition coefficient (Wildman–Crippen LogP) is 2.05. The Bertz CT molecular complexity index is 685. The molecular weight excluding hydrogens is 272 g/mol. The number of hydrogen-bond donors (Lipinski definition) is 0. The smallest absolute Gasteiger partial charge is 0.231 e. The monoisotopic (exact) mass is 284 g/mol. The van der Waals surface area contributed by atoms with Crippen molar-refractivity contribution in [2.75, 3.05) is 6.79 Å². The molecule has 0 saturated carbocycles. The van der Waals surface area contributed by atoms with Gasteiger partial charge in [-0.3, -0.25) is 9.59 Å². The Morgan fingerprint density at radius 2 is 1.86 bits per heavy atom. The predicted molar refractivity (Wildman–Crippen MR) is 72.5 cm³/mol. The van der Waals surface area contributed by atoms with E-state index in [1.807, 2.05) is 0 Å². The summed E-state index contributed by atoms with van der Waals surface area (Å²) in [6, 6.07) is 6.54. The number of rotatable bonds is 5. The zero-order valence-corrected chi connectivity index (χ0v) is 11.1. The van der Waals surface area contributed by atoms with Crippen molar-refractivity contribution in [1.29, 1.82) is 0 Å². The van der Waals surface area contributed by atoms with E-state index in [9.17, 15) is 9.59 Å². The Labute approximate surface area is 120 Å². The molecular formula is C15H12N2O4. The van der Waals surface area contributed by atoms with Gasteiger partial charge >= 0.3 is 0 Å². The first kappa shape index (κ1) is 13.2. The maximum Gasteiger partial charge on any atom is 0.231 e. The molecule has 3 rings (SSSR count). The van der Waals surface area contributed by atoms with Gasteiger partial charge in [0.05, 0.1) is 0 Å². The molecule has 0 saturated heterocycles. The van der Waals surface area contributed by atoms with E-state index in [1.54, 1.807) is 18.2 Å². The molecule has 1 aliphatic rings. The second-order valence-corrected chi connectivity index (χ2v) is 4.51. The lowest BCUT2D eigenvalue weighted by molar-refractivity contribution is 0.0914. The Morgan fingerprint density at radius 3 is 2.67 bits per heavy atom. The van der Waals surface area contributed by atoms with E-state index in [-0.39, 0.29) is 31.2 Å². The molecule has 2 aromatic rings. The van der Waals surface area contributed by atoms with Gasteiger partial charge in [-0.2, -0.15) is 0 Å². The van der Waals surface area contributed by atoms with Gasteiger partial charge in [0.15, 0.2) is 23.1 Å². The van der Waals surface area contributed by atoms with Crippen LogP contribution in [0.15, 0.2) is 36.8 Å². The molecule has 2 heterocycles. The van der Waals surface area contributed by atoms with Crippen LogP contribution in [0.3, 0.4) is 0 Å². The van der Waals surface area contributed by atoms with E-state index in [0.717, 1.165) is 0 Å². The lowest BCUT2D eigenvalue weighted by Gasteiger charge is -2.02. The summed E-state index contributed by atoms with van der Waals surface area (Å²) in [6.07, 6.45) is 3.06. The van der Waals surface area contributed by atoms with Gasteiger partial charge in [0.2, 0.25) is 6.79 Å². The van der Waals surface area contributed by atoms with E-state index < -0.39 is 0 Å². The molecule has 6 nitrogen and oxygen atoms in total. The Morgan fingerprint density at radius 1 is 1.05 bits per heavy atom. The first-order valence-corrected chi connectivity index (χ1v) is 6.46. The lowest BCUT2D eigenvalue weighted by atomic mass is 10.0. The summed E-state index contributed by atoms with van der Waals surface area (Å²) in [6.45, 7) is 0.166. The average Bonchev–Trinajstić information content (AvgIpc) is 3.00. The molecule has 0 N–H and O–H groups in total. The van der Waals surface area contributed by atoms with Gasteiger partial charge in [-0.15, -0.1) is 0 Å². The van der Waals surface area contributed by atoms with Crippen LogP contribution in [0.5, 0.6) is 11.5 Å². The highest BCUT2D eigenvalue weighted by Crippen LogP contribution is 2.32. The van der Waals surface area contributed by atoms with E-state index in [1.165, 1.54) is 18.6 Å². The number of aromatic nitrogens is 2. The zero-order chi connectivity index (χ0) is 14.7. The van der Waals surface area contributed by atoms with Crippen LogP contribution in [0.1, 0.15) is 33.7 Å². The maximum absolute atomic E-state index is 12.1. The molecule has 0 atom stereocenters. The van der Waals surface area contributed by atoms with Gasteiger partial charge in [0.25, 0.3) is 0 Å². The van der Waals surface area contributed by atoms with Crippen LogP contribution in [0.4, 0.5) is 0 Å². The first-order chi connectivity index (χ1) is 10.2. The molecule has 0 unspecified atom stereocenters. The third kappa shape index (κ3) is 2.89. The van der Waals surface area contributed by atoms with E-state index in [0.29, 0.717) is 22.8 Å². The molecule has 6 heteroatoms. The van der Waals surface area contributed by atoms with Crippen molar-refractivity contribution in [3.05, 3.63) is 48.0 Å². The second-order valence-electron chi connectivity index (χ2n) is 4.51. The number of fused-ring (bicyclic) bond motifs is 1. The molecule has 1 aromatic carbocycles. The Hall–Kier alpha value is -2.76. The van der Waals surface area contributed by atoms with E-state index in [4.69, 9.17) is 9.47 Å². The number of ether oxygens (including phenoxy) is 2. The van der Waals surface area contributed by atoms with Gasteiger partial charge in [-0.05, 0) is 24.3 Å². The van der Waals surface area contributed by atoms with Crippen LogP contribution in [-0.4, -0.2) is 28.3 Å². The highest BCUT2D eigenvalue weighted by Gasteiger charge is 2.17. The van der Waals surface area contributed by atoms with Crippen LogP contribution in [0, 0.1) is 0 Å². The van der Waals surface area contributed by atoms with Crippen molar-refractivity contribution in [3.63, 3.8) is 0 Å². The van der Waals surface area contributed by atoms with Crippen LogP contribution in [0.2, 0.25) is 0 Å². The number of hydrogen-bond acceptors (Lipinski definition) is 6. The summed E-state index contributed by atoms with van der Waals surface area (Å²) in [5.74, 6) is 0.897. The van der Waals surface area contributed by atoms with Gasteiger partial charge in [-0.25, -0.2) is 9.97 Å². The summed E-state index contributed by atoms with van der Waals surface area (Å²) in [5.41, 5.74) is 0.832. The van der Waals surface area contributed by atoms with E-state index in [2.05, 4.69) is 9.97 Å². The molecule has 0 fully saturated rings. The maximum atomic E-state index is 12.1. The van der Waals surface area contributed by atoms with Crippen molar-refractivity contribution in [2.24, 2.45) is 0 Å². The number of nitrogens with zero attached hydrogens (tertiary/aromatic N) is 2. The molecule has 0 radical (unpaired) electrons. The third-order valence-corrected chi connectivity index (χ3v) is 3.14. The summed E-state index contributed by atoms with van der Waals surface area (Å²) < 4.78 is 10.4. The van der Waals surface area contributed by atoms with Gasteiger partial charge in [0, 0.05) is 24.6 Å². The minimum Gasteiger partial charge on any atom is -0.454 e. The number of carbonyl (C=O) groups is 2. The molecule has 106 valence electrons. The summed E-state index contributed by atoms with van der Waals surface area (Å²) in [7, 11) is 0. The minimum atomic E-state index is -0.175. The molecule has 0 bridgehead atoms. The molecule has 0 amide bonds. The fraction of sp³-hybridized carbons (Fsp3) is 0.200. The van der Waals surface area contributed by atoms with Gasteiger partial charge in [-0.1, -0.05) is 0 Å². The Kier molecular flexibility index (Phi) is 3.59. The zero-order valence-electron chi connectivity index (χ0n) is 11.1. The second kappa shape index (κ2) is 5.70. The highest BCUT2D eigenvalue weighted by atomic mass is 16.7. The van der Waals surface area contributed by atoms with Crippen molar-refractivity contribution in [2.45, 2.75) is 12.8 Å². The normalized spacial score (nSPS) is 12.2. The van der Waals surface area contributed by atoms with Crippen LogP contribution >= 0.6 is 0 Å². The fourth-order valence-electron chi connectivity index (χ4n) is 2.03. The standard InChI is InChI=1S/C15H12N2O4/c18-12(2-3-13(19)11-5-6-16-8-17-11)10-1-4-14-15(7-10)21-9-20-14/h1,4-8H,2-3,9H2. The third-order valence-electron chi connectivity index (χ3n) is 3.14. The summed E-state index contributed by atoms with van der Waals surface area (Å²) in [4.78, 5) is 31.6. The molecule has 1 aromatic heterocycles. The topological polar surface area (TPSA) is 78.4 Å². The average molecular weight is 284 g/mol. The highest BCUT2D eigenvalue weighted by molar-refractivity contribution is 6.01. The fourth-order valence-corrected chi connectivity index (χ4v) is 2.03. The van der Waals surface area contributed by atoms with Crippen molar-refractivity contribution < 1.29 is 19.1 Å². The SMILES string of the molecule is O=C(CCC(=O)c1ccncn1)c1ccc2c(c1)OCO2. The largest absolute Gasteiger partial charge is 0.454 e. The summed E-state index contributed by atoms with van der Waals surface area (Å²) in [5, 5.41) is 0. The first-order valence-electron chi connectivity index (χ1n) is 6.46. The molecule has 21 heavy (non-hydrogen) atoms. The van der Waals surface area contributed by atoms with Gasteiger partial charge in [0.1, 0.15) is 12.0 Å².